The van der Waals surface area contributed by atoms with Crippen molar-refractivity contribution in [2.24, 2.45) is 0 Å². The molecule has 0 fully saturated rings. The Bertz CT molecular complexity index is 1090. The molecular weight excluding hydrogens is 444 g/mol. The van der Waals surface area contributed by atoms with Gasteiger partial charge in [0, 0.05) is 42.7 Å². The third kappa shape index (κ3) is 6.85. The highest BCUT2D eigenvalue weighted by Gasteiger charge is 2.30. The minimum Gasteiger partial charge on any atom is -0.355 e. The van der Waals surface area contributed by atoms with Crippen LogP contribution in [0.3, 0.4) is 0 Å². The number of imidazole rings is 1. The number of nitrogens with one attached hydrogen (secondary N) is 2. The maximum atomic E-state index is 11.9. The van der Waals surface area contributed by atoms with Crippen LogP contribution in [-0.2, 0) is 18.5 Å². The van der Waals surface area contributed by atoms with E-state index in [-0.39, 0.29) is 17.4 Å². The van der Waals surface area contributed by atoms with Crippen molar-refractivity contribution in [2.45, 2.75) is 91.3 Å². The molecule has 3 rings (SSSR count). The molecule has 0 aliphatic carbocycles. The predicted molar refractivity (Wildman–Crippen MR) is 150 cm³/mol. The average molecular weight is 489 g/mol. The molecule has 0 radical (unpaired) electrons. The number of rotatable bonds is 12. The fraction of sp³-hybridized carbons (Fsp3) is 0.484. The Labute approximate surface area is 217 Å². The van der Waals surface area contributed by atoms with Gasteiger partial charge in [0.25, 0.3) is 5.91 Å². The molecule has 36 heavy (non-hydrogen) atoms. The number of unbranched alkanes of at least 4 members (excludes halogenated alkanes) is 2. The number of hydrogen-bond acceptors (Lipinski definition) is 3. The Hall–Kier alpha value is -2.92. The van der Waals surface area contributed by atoms with Gasteiger partial charge in [-0.15, -0.1) is 0 Å². The summed E-state index contributed by atoms with van der Waals surface area (Å²) in [6.07, 6.45) is 5.62. The highest BCUT2D eigenvalue weighted by atomic mass is 16.1. The largest absolute Gasteiger partial charge is 0.355 e. The van der Waals surface area contributed by atoms with Crippen molar-refractivity contribution in [2.75, 3.05) is 7.05 Å². The molecule has 0 spiro atoms. The standard InChI is InChI=1S/C31H44N4O/c1-7-9-16-26(33-22-23-17-19-25(20-18-23)30(36)32-6)27-28(31(3,4)5)34-29(35(27)21-10-8-2)24-14-12-11-13-15-24/h11-15,17-20,26,33H,7-10,16,21-22H2,1-6H3,(H,32,36). The molecule has 1 unspecified atom stereocenters. The topological polar surface area (TPSA) is 59.0 Å². The Kier molecular flexibility index (Phi) is 9.89. The van der Waals surface area contributed by atoms with Crippen molar-refractivity contribution in [3.8, 4) is 11.4 Å². The third-order valence-electron chi connectivity index (χ3n) is 6.66. The van der Waals surface area contributed by atoms with Gasteiger partial charge in [0.1, 0.15) is 5.82 Å². The van der Waals surface area contributed by atoms with Crippen molar-refractivity contribution < 1.29 is 4.79 Å². The lowest BCUT2D eigenvalue weighted by Crippen LogP contribution is -2.27. The highest BCUT2D eigenvalue weighted by molar-refractivity contribution is 5.93. The maximum Gasteiger partial charge on any atom is 0.251 e. The molecule has 0 aliphatic heterocycles. The van der Waals surface area contributed by atoms with E-state index < -0.39 is 0 Å². The molecule has 1 atom stereocenters. The van der Waals surface area contributed by atoms with Gasteiger partial charge >= 0.3 is 0 Å². The molecule has 2 aromatic carbocycles. The van der Waals surface area contributed by atoms with Gasteiger partial charge in [-0.3, -0.25) is 4.79 Å². The minimum atomic E-state index is -0.0718. The molecule has 5 heteroatoms. The van der Waals surface area contributed by atoms with E-state index in [0.29, 0.717) is 5.56 Å². The number of hydrogen-bond donors (Lipinski definition) is 2. The Balaban J connectivity index is 2.03. The van der Waals surface area contributed by atoms with Crippen LogP contribution in [0, 0.1) is 0 Å². The van der Waals surface area contributed by atoms with Crippen LogP contribution in [-0.4, -0.2) is 22.5 Å². The summed E-state index contributed by atoms with van der Waals surface area (Å²) in [5.41, 5.74) is 5.46. The van der Waals surface area contributed by atoms with Gasteiger partial charge in [0.05, 0.1) is 11.4 Å². The number of aromatic nitrogens is 2. The molecule has 1 aromatic heterocycles. The van der Waals surface area contributed by atoms with Crippen molar-refractivity contribution in [3.05, 3.63) is 77.1 Å². The zero-order valence-electron chi connectivity index (χ0n) is 23.0. The fourth-order valence-corrected chi connectivity index (χ4v) is 4.62. The van der Waals surface area contributed by atoms with E-state index in [9.17, 15) is 4.79 Å². The first-order chi connectivity index (χ1) is 17.3. The summed E-state index contributed by atoms with van der Waals surface area (Å²) in [5, 5.41) is 6.57. The SMILES string of the molecule is CCCCC(NCc1ccc(C(=O)NC)cc1)c1c(C(C)(C)C)nc(-c2ccccc2)n1CCCC. The van der Waals surface area contributed by atoms with E-state index in [2.05, 4.69) is 80.2 Å². The number of benzene rings is 2. The van der Waals surface area contributed by atoms with Gasteiger partial charge in [0.2, 0.25) is 0 Å². The van der Waals surface area contributed by atoms with Crippen molar-refractivity contribution in [1.29, 1.82) is 0 Å². The lowest BCUT2D eigenvalue weighted by Gasteiger charge is -2.26. The molecule has 0 aliphatic rings. The van der Waals surface area contributed by atoms with Crippen LogP contribution in [0.2, 0.25) is 0 Å². The summed E-state index contributed by atoms with van der Waals surface area (Å²) in [4.78, 5) is 17.2. The molecular formula is C31H44N4O. The molecule has 3 aromatic rings. The van der Waals surface area contributed by atoms with Gasteiger partial charge in [-0.1, -0.05) is 96.3 Å². The third-order valence-corrected chi connectivity index (χ3v) is 6.66. The second-order valence-corrected chi connectivity index (χ2v) is 10.6. The van der Waals surface area contributed by atoms with Crippen LogP contribution in [0.5, 0.6) is 0 Å². The zero-order valence-corrected chi connectivity index (χ0v) is 23.0. The van der Waals surface area contributed by atoms with Crippen molar-refractivity contribution in [1.82, 2.24) is 20.2 Å². The van der Waals surface area contributed by atoms with E-state index in [1.807, 2.05) is 24.3 Å². The summed E-state index contributed by atoms with van der Waals surface area (Å²) in [7, 11) is 1.66. The summed E-state index contributed by atoms with van der Waals surface area (Å²) in [6.45, 7) is 13.0. The van der Waals surface area contributed by atoms with Crippen LogP contribution in [0.15, 0.2) is 54.6 Å². The van der Waals surface area contributed by atoms with Crippen LogP contribution < -0.4 is 10.6 Å². The normalized spacial score (nSPS) is 12.5. The van der Waals surface area contributed by atoms with E-state index in [0.717, 1.165) is 51.0 Å². The van der Waals surface area contributed by atoms with Gasteiger partial charge < -0.3 is 15.2 Å². The number of carbonyl (C=O) groups is 1. The molecule has 194 valence electrons. The highest BCUT2D eigenvalue weighted by Crippen LogP contribution is 2.36. The molecule has 1 amide bonds. The van der Waals surface area contributed by atoms with E-state index in [4.69, 9.17) is 4.98 Å². The molecule has 0 bridgehead atoms. The van der Waals surface area contributed by atoms with Crippen molar-refractivity contribution >= 4 is 5.91 Å². The Morgan fingerprint density at radius 2 is 1.64 bits per heavy atom. The molecule has 5 nitrogen and oxygen atoms in total. The van der Waals surface area contributed by atoms with Crippen LogP contribution in [0.4, 0.5) is 0 Å². The molecule has 0 saturated heterocycles. The minimum absolute atomic E-state index is 0.0570. The second-order valence-electron chi connectivity index (χ2n) is 10.6. The van der Waals surface area contributed by atoms with E-state index >= 15 is 0 Å². The van der Waals surface area contributed by atoms with Gasteiger partial charge in [-0.25, -0.2) is 4.98 Å². The second kappa shape index (κ2) is 12.9. The summed E-state index contributed by atoms with van der Waals surface area (Å²) in [6, 6.07) is 18.7. The summed E-state index contributed by atoms with van der Waals surface area (Å²) in [5.74, 6) is 1.01. The monoisotopic (exact) mass is 488 g/mol. The van der Waals surface area contributed by atoms with Crippen LogP contribution >= 0.6 is 0 Å². The van der Waals surface area contributed by atoms with Crippen LogP contribution in [0.25, 0.3) is 11.4 Å². The lowest BCUT2D eigenvalue weighted by molar-refractivity contribution is 0.0963. The maximum absolute atomic E-state index is 11.9. The van der Waals surface area contributed by atoms with Gasteiger partial charge in [-0.05, 0) is 30.5 Å². The zero-order chi connectivity index (χ0) is 26.1. The van der Waals surface area contributed by atoms with Crippen molar-refractivity contribution in [3.63, 3.8) is 0 Å². The fourth-order valence-electron chi connectivity index (χ4n) is 4.62. The summed E-state index contributed by atoms with van der Waals surface area (Å²) >= 11 is 0. The van der Waals surface area contributed by atoms with E-state index in [1.54, 1.807) is 7.05 Å². The number of nitrogens with zero attached hydrogens (tertiary/aromatic N) is 2. The first-order valence-electron chi connectivity index (χ1n) is 13.5. The lowest BCUT2D eigenvalue weighted by atomic mass is 9.88. The molecule has 0 saturated carbocycles. The number of amides is 1. The first-order valence-corrected chi connectivity index (χ1v) is 13.5. The number of carbonyl (C=O) groups excluding carboxylic acids is 1. The molecule has 2 N–H and O–H groups in total. The van der Waals surface area contributed by atoms with E-state index in [1.165, 1.54) is 22.5 Å². The quantitative estimate of drug-likeness (QED) is 0.288. The average Bonchev–Trinajstić information content (AvgIpc) is 3.28. The van der Waals surface area contributed by atoms with Gasteiger partial charge in [0.15, 0.2) is 0 Å². The smallest absolute Gasteiger partial charge is 0.251 e. The predicted octanol–water partition coefficient (Wildman–Crippen LogP) is 7.03. The Morgan fingerprint density at radius 3 is 2.22 bits per heavy atom. The van der Waals surface area contributed by atoms with Crippen LogP contribution in [0.1, 0.15) is 100 Å². The van der Waals surface area contributed by atoms with Gasteiger partial charge in [-0.2, -0.15) is 0 Å². The molecule has 1 heterocycles. The summed E-state index contributed by atoms with van der Waals surface area (Å²) < 4.78 is 2.49. The Morgan fingerprint density at radius 1 is 0.972 bits per heavy atom. The first kappa shape index (κ1) is 27.7.